The lowest BCUT2D eigenvalue weighted by Crippen LogP contribution is -2.20. The van der Waals surface area contributed by atoms with Crippen molar-refractivity contribution in [1.29, 1.82) is 0 Å². The van der Waals surface area contributed by atoms with Crippen molar-refractivity contribution in [3.8, 4) is 11.5 Å². The standard InChI is InChI=1S/C10H11F3N2O4/c1-18-8-5(3-14)4-15-6(2-7(16)17)9(8)19-10(11,12)13/h4H,2-3,14H2,1H3,(H,16,17). The monoisotopic (exact) mass is 280 g/mol. The topological polar surface area (TPSA) is 94.7 Å². The fraction of sp³-hybridized carbons (Fsp3) is 0.400. The molecule has 0 amide bonds. The van der Waals surface area contributed by atoms with Crippen LogP contribution in [0.4, 0.5) is 13.2 Å². The number of aliphatic carboxylic acids is 1. The third-order valence-electron chi connectivity index (χ3n) is 2.10. The first-order valence-electron chi connectivity index (χ1n) is 5.00. The number of hydrogen-bond acceptors (Lipinski definition) is 5. The predicted molar refractivity (Wildman–Crippen MR) is 56.7 cm³/mol. The fourth-order valence-electron chi connectivity index (χ4n) is 1.41. The first kappa shape index (κ1) is 15.0. The van der Waals surface area contributed by atoms with Crippen LogP contribution < -0.4 is 15.2 Å². The van der Waals surface area contributed by atoms with E-state index in [4.69, 9.17) is 15.6 Å². The van der Waals surface area contributed by atoms with Gasteiger partial charge >= 0.3 is 12.3 Å². The largest absolute Gasteiger partial charge is 0.573 e. The van der Waals surface area contributed by atoms with Gasteiger partial charge in [0, 0.05) is 18.3 Å². The van der Waals surface area contributed by atoms with Crippen molar-refractivity contribution in [3.05, 3.63) is 17.5 Å². The van der Waals surface area contributed by atoms with Crippen molar-refractivity contribution < 1.29 is 32.5 Å². The number of carbonyl (C=O) groups is 1. The van der Waals surface area contributed by atoms with E-state index < -0.39 is 24.5 Å². The van der Waals surface area contributed by atoms with Crippen LogP contribution in [-0.4, -0.2) is 29.5 Å². The molecule has 0 unspecified atom stereocenters. The molecule has 0 spiro atoms. The molecule has 1 aromatic rings. The molecule has 0 bridgehead atoms. The van der Waals surface area contributed by atoms with Crippen LogP contribution in [0.5, 0.6) is 11.5 Å². The normalized spacial score (nSPS) is 11.2. The highest BCUT2D eigenvalue weighted by Gasteiger charge is 2.35. The molecule has 0 saturated heterocycles. The Morgan fingerprint density at radius 1 is 1.47 bits per heavy atom. The summed E-state index contributed by atoms with van der Waals surface area (Å²) in [5.41, 5.74) is 5.12. The van der Waals surface area contributed by atoms with Crippen molar-refractivity contribution in [2.45, 2.75) is 19.3 Å². The molecule has 0 fully saturated rings. The molecular weight excluding hydrogens is 269 g/mol. The van der Waals surface area contributed by atoms with E-state index in [2.05, 4.69) is 9.72 Å². The number of methoxy groups -OCH3 is 1. The summed E-state index contributed by atoms with van der Waals surface area (Å²) in [5, 5.41) is 8.64. The number of carboxylic acid groups (broad SMARTS) is 1. The molecule has 106 valence electrons. The van der Waals surface area contributed by atoms with Crippen molar-refractivity contribution in [3.63, 3.8) is 0 Å². The molecule has 0 aromatic carbocycles. The van der Waals surface area contributed by atoms with E-state index >= 15 is 0 Å². The fourth-order valence-corrected chi connectivity index (χ4v) is 1.41. The summed E-state index contributed by atoms with van der Waals surface area (Å²) in [5.74, 6) is -2.39. The van der Waals surface area contributed by atoms with Gasteiger partial charge in [-0.15, -0.1) is 13.2 Å². The minimum Gasteiger partial charge on any atom is -0.492 e. The van der Waals surface area contributed by atoms with E-state index in [1.807, 2.05) is 0 Å². The van der Waals surface area contributed by atoms with E-state index in [-0.39, 0.29) is 23.6 Å². The molecule has 0 aliphatic rings. The molecule has 1 aromatic heterocycles. The maximum absolute atomic E-state index is 12.3. The maximum Gasteiger partial charge on any atom is 0.573 e. The first-order chi connectivity index (χ1) is 8.78. The Labute approximate surface area is 105 Å². The average molecular weight is 280 g/mol. The van der Waals surface area contributed by atoms with Gasteiger partial charge in [0.05, 0.1) is 19.2 Å². The molecule has 0 saturated carbocycles. The zero-order chi connectivity index (χ0) is 14.6. The summed E-state index contributed by atoms with van der Waals surface area (Å²) in [6.07, 6.45) is -4.57. The number of ether oxygens (including phenoxy) is 2. The van der Waals surface area contributed by atoms with Crippen molar-refractivity contribution in [1.82, 2.24) is 4.98 Å². The molecule has 3 N–H and O–H groups in total. The van der Waals surface area contributed by atoms with Crippen molar-refractivity contribution >= 4 is 5.97 Å². The lowest BCUT2D eigenvalue weighted by atomic mass is 10.1. The van der Waals surface area contributed by atoms with Crippen LogP contribution in [-0.2, 0) is 17.8 Å². The molecule has 9 heteroatoms. The van der Waals surface area contributed by atoms with Crippen LogP contribution in [0.1, 0.15) is 11.3 Å². The lowest BCUT2D eigenvalue weighted by Gasteiger charge is -2.17. The summed E-state index contributed by atoms with van der Waals surface area (Å²) in [7, 11) is 1.13. The molecule has 0 aliphatic heterocycles. The summed E-state index contributed by atoms with van der Waals surface area (Å²) < 4.78 is 45.6. The number of rotatable bonds is 5. The molecule has 0 aliphatic carbocycles. The highest BCUT2D eigenvalue weighted by molar-refractivity contribution is 5.71. The summed E-state index contributed by atoms with van der Waals surface area (Å²) in [6, 6.07) is 0. The molecule has 0 radical (unpaired) electrons. The lowest BCUT2D eigenvalue weighted by molar-refractivity contribution is -0.275. The van der Waals surface area contributed by atoms with E-state index in [9.17, 15) is 18.0 Å². The predicted octanol–water partition coefficient (Wildman–Crippen LogP) is 1.07. The average Bonchev–Trinajstić information content (AvgIpc) is 2.28. The summed E-state index contributed by atoms with van der Waals surface area (Å²) in [6.45, 7) is -0.127. The van der Waals surface area contributed by atoms with Crippen LogP contribution in [0.15, 0.2) is 6.20 Å². The van der Waals surface area contributed by atoms with E-state index in [1.54, 1.807) is 0 Å². The van der Waals surface area contributed by atoms with Gasteiger partial charge in [0.25, 0.3) is 0 Å². The minimum absolute atomic E-state index is 0.127. The van der Waals surface area contributed by atoms with Crippen LogP contribution in [0.2, 0.25) is 0 Å². The van der Waals surface area contributed by atoms with Gasteiger partial charge < -0.3 is 20.3 Å². The van der Waals surface area contributed by atoms with Crippen LogP contribution in [0.3, 0.4) is 0 Å². The number of pyridine rings is 1. The smallest absolute Gasteiger partial charge is 0.492 e. The Kier molecular flexibility index (Phi) is 4.54. The Balaban J connectivity index is 3.35. The number of alkyl halides is 3. The van der Waals surface area contributed by atoms with Gasteiger partial charge in [0.15, 0.2) is 11.5 Å². The molecule has 0 atom stereocenters. The number of nitrogens with two attached hydrogens (primary N) is 1. The van der Waals surface area contributed by atoms with Gasteiger partial charge in [0.1, 0.15) is 0 Å². The Bertz CT molecular complexity index is 477. The van der Waals surface area contributed by atoms with E-state index in [1.165, 1.54) is 0 Å². The molecule has 19 heavy (non-hydrogen) atoms. The van der Waals surface area contributed by atoms with E-state index in [0.29, 0.717) is 0 Å². The Hall–Kier alpha value is -2.03. The Morgan fingerprint density at radius 3 is 2.53 bits per heavy atom. The van der Waals surface area contributed by atoms with Crippen LogP contribution in [0.25, 0.3) is 0 Å². The second-order valence-electron chi connectivity index (χ2n) is 3.41. The molecule has 1 rings (SSSR count). The highest BCUT2D eigenvalue weighted by Crippen LogP contribution is 2.37. The van der Waals surface area contributed by atoms with Gasteiger partial charge in [-0.25, -0.2) is 0 Å². The summed E-state index contributed by atoms with van der Waals surface area (Å²) >= 11 is 0. The van der Waals surface area contributed by atoms with Crippen LogP contribution in [0, 0.1) is 0 Å². The van der Waals surface area contributed by atoms with Crippen LogP contribution >= 0.6 is 0 Å². The maximum atomic E-state index is 12.3. The number of carboxylic acids is 1. The number of aromatic nitrogens is 1. The number of nitrogens with zero attached hydrogens (tertiary/aromatic N) is 1. The number of hydrogen-bond donors (Lipinski definition) is 2. The second-order valence-corrected chi connectivity index (χ2v) is 3.41. The van der Waals surface area contributed by atoms with E-state index in [0.717, 1.165) is 13.3 Å². The zero-order valence-corrected chi connectivity index (χ0v) is 9.82. The van der Waals surface area contributed by atoms with Gasteiger partial charge in [-0.1, -0.05) is 0 Å². The number of halogens is 3. The molecular formula is C10H11F3N2O4. The van der Waals surface area contributed by atoms with Gasteiger partial charge in [-0.2, -0.15) is 0 Å². The second kappa shape index (κ2) is 5.74. The third kappa shape index (κ3) is 3.98. The zero-order valence-electron chi connectivity index (χ0n) is 9.82. The van der Waals surface area contributed by atoms with Gasteiger partial charge in [0.2, 0.25) is 0 Å². The van der Waals surface area contributed by atoms with Crippen molar-refractivity contribution in [2.24, 2.45) is 5.73 Å². The first-order valence-corrected chi connectivity index (χ1v) is 5.00. The SMILES string of the molecule is COc1c(CN)cnc(CC(=O)O)c1OC(F)(F)F. The van der Waals surface area contributed by atoms with Gasteiger partial charge in [-0.05, 0) is 0 Å². The van der Waals surface area contributed by atoms with Crippen molar-refractivity contribution in [2.75, 3.05) is 7.11 Å². The quantitative estimate of drug-likeness (QED) is 0.838. The molecule has 1 heterocycles. The third-order valence-corrected chi connectivity index (χ3v) is 2.10. The Morgan fingerprint density at radius 2 is 2.11 bits per heavy atom. The summed E-state index contributed by atoms with van der Waals surface area (Å²) in [4.78, 5) is 14.2. The van der Waals surface area contributed by atoms with Gasteiger partial charge in [-0.3, -0.25) is 9.78 Å². The molecule has 6 nitrogen and oxygen atoms in total. The highest BCUT2D eigenvalue weighted by atomic mass is 19.4. The minimum atomic E-state index is -4.99.